The molecule has 0 aromatic heterocycles. The fraction of sp³-hybridized carbons (Fsp3) is 0.769. The third-order valence-corrected chi connectivity index (χ3v) is 3.48. The second kappa shape index (κ2) is 7.21. The summed E-state index contributed by atoms with van der Waals surface area (Å²) in [6.45, 7) is 4.00. The fourth-order valence-electron chi connectivity index (χ4n) is 2.50. The summed E-state index contributed by atoms with van der Waals surface area (Å²) >= 11 is 0. The predicted octanol–water partition coefficient (Wildman–Crippen LogP) is -2.46. The first-order chi connectivity index (χ1) is 10.5. The lowest BCUT2D eigenvalue weighted by Crippen LogP contribution is -2.65. The van der Waals surface area contributed by atoms with Crippen molar-refractivity contribution in [2.24, 2.45) is 10.7 Å². The van der Waals surface area contributed by atoms with Gasteiger partial charge in [0.2, 0.25) is 5.91 Å². The van der Waals surface area contributed by atoms with Gasteiger partial charge in [0.1, 0.15) is 12.1 Å². The van der Waals surface area contributed by atoms with Crippen molar-refractivity contribution in [3.05, 3.63) is 0 Å². The number of aliphatic hydroxyl groups excluding tert-OH is 2. The zero-order valence-electron chi connectivity index (χ0n) is 13.1. The minimum atomic E-state index is -2.66. The van der Waals surface area contributed by atoms with E-state index in [-0.39, 0.29) is 5.84 Å². The molecule has 0 aromatic carbocycles. The maximum Gasteiger partial charge on any atom is 0.364 e. The molecule has 0 saturated carbocycles. The zero-order chi connectivity index (χ0) is 17.9. The van der Waals surface area contributed by atoms with Crippen molar-refractivity contribution in [2.45, 2.75) is 63.4 Å². The van der Waals surface area contributed by atoms with E-state index in [1.165, 1.54) is 20.8 Å². The number of amides is 1. The van der Waals surface area contributed by atoms with E-state index in [1.54, 1.807) is 0 Å². The molecule has 0 radical (unpaired) electrons. The summed E-state index contributed by atoms with van der Waals surface area (Å²) in [4.78, 5) is 26.5. The fourth-order valence-corrected chi connectivity index (χ4v) is 2.50. The molecule has 1 amide bonds. The van der Waals surface area contributed by atoms with Crippen LogP contribution in [-0.4, -0.2) is 74.3 Å². The van der Waals surface area contributed by atoms with E-state index in [4.69, 9.17) is 15.6 Å². The number of carboxylic acids is 1. The van der Waals surface area contributed by atoms with Crippen LogP contribution in [0.1, 0.15) is 27.2 Å². The molecule has 132 valence electrons. The van der Waals surface area contributed by atoms with Gasteiger partial charge in [0.25, 0.3) is 5.79 Å². The third kappa shape index (κ3) is 4.61. The lowest BCUT2D eigenvalue weighted by molar-refractivity contribution is -0.280. The number of nitrogens with zero attached hydrogens (tertiary/aromatic N) is 1. The molecule has 10 nitrogen and oxygen atoms in total. The lowest BCUT2D eigenvalue weighted by atomic mass is 9.88. The molecular formula is C13H23N3O7. The number of rotatable bonds is 5. The number of nitrogens with two attached hydrogens (primary N) is 1. The number of hydrogen-bond acceptors (Lipinski definition) is 7. The highest BCUT2D eigenvalue weighted by molar-refractivity contribution is 5.78. The van der Waals surface area contributed by atoms with Crippen LogP contribution in [0.4, 0.5) is 0 Å². The Hall–Kier alpha value is -1.75. The number of hydrogen-bond donors (Lipinski definition) is 6. The Morgan fingerprint density at radius 3 is 2.39 bits per heavy atom. The molecule has 0 spiro atoms. The minimum Gasteiger partial charge on any atom is -0.477 e. The van der Waals surface area contributed by atoms with E-state index in [1.807, 2.05) is 0 Å². The van der Waals surface area contributed by atoms with Crippen molar-refractivity contribution < 1.29 is 34.8 Å². The number of ether oxygens (including phenoxy) is 1. The zero-order valence-corrected chi connectivity index (χ0v) is 13.1. The number of carbonyl (C=O) groups is 2. The second-order valence-electron chi connectivity index (χ2n) is 5.67. The van der Waals surface area contributed by atoms with Crippen LogP contribution in [0.15, 0.2) is 4.99 Å². The molecule has 1 rings (SSSR count). The van der Waals surface area contributed by atoms with Crippen LogP contribution in [0, 0.1) is 0 Å². The summed E-state index contributed by atoms with van der Waals surface area (Å²) in [6, 6.07) is -2.17. The van der Waals surface area contributed by atoms with E-state index in [0.29, 0.717) is 0 Å². The van der Waals surface area contributed by atoms with Crippen molar-refractivity contribution in [1.82, 2.24) is 5.32 Å². The van der Waals surface area contributed by atoms with Gasteiger partial charge in [-0.1, -0.05) is 0 Å². The van der Waals surface area contributed by atoms with Crippen LogP contribution in [-0.2, 0) is 14.3 Å². The normalized spacial score (nSPS) is 34.5. The SMILES string of the molecule is CC(=O)N[C@@H]([C@@H]1O[C@](O)(C(=O)O)C[C@H](O)[C@H]1N=C(C)N)[C@H](C)O. The van der Waals surface area contributed by atoms with Crippen LogP contribution >= 0.6 is 0 Å². The molecule has 1 aliphatic rings. The molecule has 0 aliphatic carbocycles. The highest BCUT2D eigenvalue weighted by Crippen LogP contribution is 2.32. The van der Waals surface area contributed by atoms with Crippen molar-refractivity contribution in [1.29, 1.82) is 0 Å². The molecular weight excluding hydrogens is 310 g/mol. The average Bonchev–Trinajstić information content (AvgIpc) is 2.38. The Labute approximate surface area is 133 Å². The quantitative estimate of drug-likeness (QED) is 0.237. The molecule has 0 unspecified atom stereocenters. The molecule has 6 atom stereocenters. The maximum atomic E-state index is 11.3. The highest BCUT2D eigenvalue weighted by atomic mass is 16.7. The third-order valence-electron chi connectivity index (χ3n) is 3.48. The Balaban J connectivity index is 3.27. The van der Waals surface area contributed by atoms with Crippen LogP contribution in [0.3, 0.4) is 0 Å². The van der Waals surface area contributed by atoms with Crippen molar-refractivity contribution in [3.8, 4) is 0 Å². The highest BCUT2D eigenvalue weighted by Gasteiger charge is 2.53. The standard InChI is InChI=1S/C13H23N3O7/c1-5(17)9(16-7(3)18)11-10(15-6(2)14)8(19)4-13(22,23-11)12(20)21/h5,8-11,17,19,22H,4H2,1-3H3,(H2,14,15)(H,16,18)(H,20,21)/t5-,8-,9+,10+,11-,13-/m0/s1. The molecule has 1 fully saturated rings. The largest absolute Gasteiger partial charge is 0.477 e. The number of aliphatic carboxylic acids is 1. The molecule has 0 bridgehead atoms. The molecule has 10 heteroatoms. The average molecular weight is 333 g/mol. The first kappa shape index (κ1) is 19.3. The smallest absolute Gasteiger partial charge is 0.364 e. The summed E-state index contributed by atoms with van der Waals surface area (Å²) in [5.41, 5.74) is 5.51. The first-order valence-electron chi connectivity index (χ1n) is 7.04. The number of amidine groups is 1. The van der Waals surface area contributed by atoms with Gasteiger partial charge >= 0.3 is 5.97 Å². The lowest BCUT2D eigenvalue weighted by Gasteiger charge is -2.44. The molecule has 1 heterocycles. The summed E-state index contributed by atoms with van der Waals surface area (Å²) < 4.78 is 5.20. The van der Waals surface area contributed by atoms with Crippen LogP contribution < -0.4 is 11.1 Å². The van der Waals surface area contributed by atoms with Crippen LogP contribution in [0.5, 0.6) is 0 Å². The van der Waals surface area contributed by atoms with Crippen LogP contribution in [0.2, 0.25) is 0 Å². The van der Waals surface area contributed by atoms with Gasteiger partial charge in [-0.2, -0.15) is 0 Å². The molecule has 0 aromatic rings. The summed E-state index contributed by atoms with van der Waals surface area (Å²) in [6.07, 6.45) is -4.50. The van der Waals surface area contributed by atoms with Gasteiger partial charge < -0.3 is 36.2 Å². The summed E-state index contributed by atoms with van der Waals surface area (Å²) in [5.74, 6) is -4.77. The van der Waals surface area contributed by atoms with E-state index < -0.39 is 54.5 Å². The number of aliphatic imine (C=N–C) groups is 1. The Morgan fingerprint density at radius 1 is 1.43 bits per heavy atom. The van der Waals surface area contributed by atoms with E-state index in [2.05, 4.69) is 10.3 Å². The monoisotopic (exact) mass is 333 g/mol. The van der Waals surface area contributed by atoms with Crippen molar-refractivity contribution >= 4 is 17.7 Å². The van der Waals surface area contributed by atoms with Gasteiger partial charge in [-0.3, -0.25) is 9.79 Å². The molecule has 1 aliphatic heterocycles. The van der Waals surface area contributed by atoms with Crippen molar-refractivity contribution in [2.75, 3.05) is 0 Å². The minimum absolute atomic E-state index is 0.0931. The topological polar surface area (TPSA) is 175 Å². The number of nitrogens with one attached hydrogen (secondary N) is 1. The summed E-state index contributed by atoms with van der Waals surface area (Å²) in [5, 5.41) is 41.6. The number of aliphatic hydroxyl groups is 3. The van der Waals surface area contributed by atoms with E-state index in [9.17, 15) is 24.9 Å². The van der Waals surface area contributed by atoms with Gasteiger partial charge in [0, 0.05) is 13.3 Å². The first-order valence-corrected chi connectivity index (χ1v) is 7.04. The van der Waals surface area contributed by atoms with Gasteiger partial charge in [-0.15, -0.1) is 0 Å². The van der Waals surface area contributed by atoms with Gasteiger partial charge in [-0.05, 0) is 13.8 Å². The molecule has 1 saturated heterocycles. The van der Waals surface area contributed by atoms with E-state index >= 15 is 0 Å². The molecule has 7 N–H and O–H groups in total. The van der Waals surface area contributed by atoms with E-state index in [0.717, 1.165) is 0 Å². The van der Waals surface area contributed by atoms with Gasteiger partial charge in [0.15, 0.2) is 0 Å². The predicted molar refractivity (Wildman–Crippen MR) is 78.5 cm³/mol. The van der Waals surface area contributed by atoms with Gasteiger partial charge in [-0.25, -0.2) is 4.79 Å². The van der Waals surface area contributed by atoms with Gasteiger partial charge in [0.05, 0.1) is 24.1 Å². The number of carboxylic acid groups (broad SMARTS) is 1. The summed E-state index contributed by atoms with van der Waals surface area (Å²) in [7, 11) is 0. The number of carbonyl (C=O) groups excluding carboxylic acids is 1. The van der Waals surface area contributed by atoms with Crippen LogP contribution in [0.25, 0.3) is 0 Å². The van der Waals surface area contributed by atoms with Crippen molar-refractivity contribution in [3.63, 3.8) is 0 Å². The Morgan fingerprint density at radius 2 is 2.00 bits per heavy atom. The second-order valence-corrected chi connectivity index (χ2v) is 5.67. The molecule has 23 heavy (non-hydrogen) atoms. The Kier molecular flexibility index (Phi) is 6.05. The maximum absolute atomic E-state index is 11.3. The Bertz CT molecular complexity index is 492.